The van der Waals surface area contributed by atoms with E-state index in [1.165, 1.54) is 12.1 Å². The van der Waals surface area contributed by atoms with Gasteiger partial charge in [0.2, 0.25) is 0 Å². The van der Waals surface area contributed by atoms with Crippen LogP contribution in [0, 0.1) is 17.1 Å². The van der Waals surface area contributed by atoms with Gasteiger partial charge in [-0.15, -0.1) is 0 Å². The second-order valence-corrected chi connectivity index (χ2v) is 6.06. The molecule has 0 aliphatic carbocycles. The van der Waals surface area contributed by atoms with Crippen LogP contribution in [0.5, 0.6) is 0 Å². The number of benzene rings is 1. The first-order valence-corrected chi connectivity index (χ1v) is 8.21. The fourth-order valence-corrected chi connectivity index (χ4v) is 3.19. The van der Waals surface area contributed by atoms with Gasteiger partial charge in [0, 0.05) is 29.1 Å². The maximum Gasteiger partial charge on any atom is 0.140 e. The lowest BCUT2D eigenvalue weighted by atomic mass is 10.1. The van der Waals surface area contributed by atoms with Crippen LogP contribution in [0.25, 0.3) is 33.9 Å². The summed E-state index contributed by atoms with van der Waals surface area (Å²) in [6.45, 7) is 0. The van der Waals surface area contributed by atoms with Gasteiger partial charge in [0.1, 0.15) is 29.2 Å². The van der Waals surface area contributed by atoms with Crippen LogP contribution in [0.15, 0.2) is 55.0 Å². The number of hydrogen-bond acceptors (Lipinski definition) is 5. The van der Waals surface area contributed by atoms with Crippen LogP contribution in [0.2, 0.25) is 0 Å². The van der Waals surface area contributed by atoms with Crippen LogP contribution in [0.3, 0.4) is 0 Å². The van der Waals surface area contributed by atoms with E-state index in [1.807, 2.05) is 24.3 Å². The normalized spacial score (nSPS) is 11.4. The van der Waals surface area contributed by atoms with Crippen molar-refractivity contribution in [3.8, 4) is 40.0 Å². The Morgan fingerprint density at radius 3 is 2.89 bits per heavy atom. The molecule has 0 saturated heterocycles. The first-order valence-electron chi connectivity index (χ1n) is 8.21. The molecule has 0 atom stereocenters. The topological polar surface area (TPSA) is 90.3 Å². The highest BCUT2D eigenvalue weighted by Gasteiger charge is 2.24. The van der Waals surface area contributed by atoms with E-state index in [-0.39, 0.29) is 5.56 Å². The van der Waals surface area contributed by atoms with Crippen molar-refractivity contribution >= 4 is 11.5 Å². The number of fused-ring (bicyclic) bond motifs is 5. The summed E-state index contributed by atoms with van der Waals surface area (Å²) in [5.41, 5.74) is 4.71. The number of nitrogens with one attached hydrogen (secondary N) is 2. The van der Waals surface area contributed by atoms with E-state index in [0.29, 0.717) is 17.2 Å². The average molecular weight is 354 g/mol. The molecule has 4 heterocycles. The van der Waals surface area contributed by atoms with E-state index in [4.69, 9.17) is 10.2 Å². The monoisotopic (exact) mass is 354 g/mol. The summed E-state index contributed by atoms with van der Waals surface area (Å²) in [5.74, 6) is 0.681. The van der Waals surface area contributed by atoms with Crippen molar-refractivity contribution in [1.29, 1.82) is 5.26 Å². The number of nitriles is 1. The summed E-state index contributed by atoms with van der Waals surface area (Å²) in [6.07, 6.45) is 5.15. The first kappa shape index (κ1) is 15.2. The minimum atomic E-state index is -0.551. The number of nitrogens with zero attached hydrogens (tertiary/aromatic N) is 4. The Balaban J connectivity index is 1.78. The van der Waals surface area contributed by atoms with Gasteiger partial charge in [-0.05, 0) is 36.4 Å². The van der Waals surface area contributed by atoms with Crippen molar-refractivity contribution in [3.63, 3.8) is 0 Å². The fraction of sp³-hybridized carbons (Fsp3) is 0. The Kier molecular flexibility index (Phi) is 3.24. The van der Waals surface area contributed by atoms with Crippen molar-refractivity contribution in [1.82, 2.24) is 19.9 Å². The maximum atomic E-state index is 13.7. The van der Waals surface area contributed by atoms with Crippen LogP contribution in [-0.4, -0.2) is 19.9 Å². The molecule has 1 aliphatic rings. The summed E-state index contributed by atoms with van der Waals surface area (Å²) in [5, 5.41) is 12.4. The lowest BCUT2D eigenvalue weighted by Crippen LogP contribution is -1.95. The highest BCUT2D eigenvalue weighted by Crippen LogP contribution is 2.42. The molecule has 0 amide bonds. The molecule has 0 saturated carbocycles. The molecule has 1 aliphatic heterocycles. The predicted molar refractivity (Wildman–Crippen MR) is 98.4 cm³/mol. The van der Waals surface area contributed by atoms with Crippen LogP contribution in [-0.2, 0) is 0 Å². The quantitative estimate of drug-likeness (QED) is 0.469. The molecule has 5 rings (SSSR count). The zero-order valence-corrected chi connectivity index (χ0v) is 13.9. The van der Waals surface area contributed by atoms with E-state index in [9.17, 15) is 4.39 Å². The summed E-state index contributed by atoms with van der Waals surface area (Å²) >= 11 is 0. The van der Waals surface area contributed by atoms with Gasteiger partial charge in [-0.1, -0.05) is 0 Å². The van der Waals surface area contributed by atoms with Crippen molar-refractivity contribution in [2.24, 2.45) is 0 Å². The number of aromatic amines is 1. The van der Waals surface area contributed by atoms with Gasteiger partial charge in [0.05, 0.1) is 23.1 Å². The van der Waals surface area contributed by atoms with Crippen molar-refractivity contribution in [3.05, 3.63) is 66.4 Å². The molecule has 0 unspecified atom stereocenters. The molecule has 7 heteroatoms. The van der Waals surface area contributed by atoms with Crippen molar-refractivity contribution in [2.75, 3.05) is 5.32 Å². The minimum absolute atomic E-state index is 0.0209. The lowest BCUT2D eigenvalue weighted by molar-refractivity contribution is 0.624. The molecule has 4 aromatic rings. The number of pyridine rings is 2. The van der Waals surface area contributed by atoms with Crippen LogP contribution < -0.4 is 5.32 Å². The molecule has 0 bridgehead atoms. The number of aromatic nitrogens is 4. The second kappa shape index (κ2) is 5.75. The van der Waals surface area contributed by atoms with E-state index >= 15 is 0 Å². The Morgan fingerprint density at radius 1 is 1.07 bits per heavy atom. The first-order chi connectivity index (χ1) is 13.2. The Labute approximate surface area is 153 Å². The van der Waals surface area contributed by atoms with Crippen LogP contribution >= 0.6 is 0 Å². The third-order valence-corrected chi connectivity index (χ3v) is 4.47. The molecule has 3 aromatic heterocycles. The summed E-state index contributed by atoms with van der Waals surface area (Å²) in [6, 6.07) is 11.9. The van der Waals surface area contributed by atoms with E-state index in [0.717, 1.165) is 28.2 Å². The number of rotatable bonds is 1. The van der Waals surface area contributed by atoms with E-state index in [1.54, 1.807) is 24.7 Å². The highest BCUT2D eigenvalue weighted by atomic mass is 19.1. The van der Waals surface area contributed by atoms with Crippen molar-refractivity contribution in [2.45, 2.75) is 0 Å². The molecule has 0 fully saturated rings. The number of imidazole rings is 1. The van der Waals surface area contributed by atoms with Gasteiger partial charge >= 0.3 is 0 Å². The number of H-pyrrole nitrogens is 1. The SMILES string of the molecule is N#Cc1cc(-c2nc3c([nH]2)-c2ccncc2Nc2ncccc2-3)ccc1F. The fourth-order valence-electron chi connectivity index (χ4n) is 3.19. The minimum Gasteiger partial charge on any atom is -0.338 e. The smallest absolute Gasteiger partial charge is 0.140 e. The third kappa shape index (κ3) is 2.35. The molecule has 6 nitrogen and oxygen atoms in total. The average Bonchev–Trinajstić information content (AvgIpc) is 3.09. The van der Waals surface area contributed by atoms with Gasteiger partial charge in [-0.25, -0.2) is 14.4 Å². The van der Waals surface area contributed by atoms with Crippen molar-refractivity contribution < 1.29 is 4.39 Å². The Hall–Kier alpha value is -4.05. The summed E-state index contributed by atoms with van der Waals surface area (Å²) in [4.78, 5) is 16.7. The largest absolute Gasteiger partial charge is 0.338 e. The molecule has 0 spiro atoms. The van der Waals surface area contributed by atoms with Crippen LogP contribution in [0.4, 0.5) is 15.9 Å². The molecule has 128 valence electrons. The lowest BCUT2D eigenvalue weighted by Gasteiger charge is -2.07. The molecule has 2 N–H and O–H groups in total. The molecule has 0 radical (unpaired) electrons. The number of hydrogen-bond donors (Lipinski definition) is 2. The van der Waals surface area contributed by atoms with Gasteiger partial charge in [-0.3, -0.25) is 4.98 Å². The zero-order valence-electron chi connectivity index (χ0n) is 13.9. The van der Waals surface area contributed by atoms with Gasteiger partial charge in [-0.2, -0.15) is 5.26 Å². The highest BCUT2D eigenvalue weighted by molar-refractivity contribution is 5.95. The van der Waals surface area contributed by atoms with Gasteiger partial charge in [0.15, 0.2) is 0 Å². The maximum absolute atomic E-state index is 13.7. The summed E-state index contributed by atoms with van der Waals surface area (Å²) in [7, 11) is 0. The molecular formula is C20H11FN6. The second-order valence-electron chi connectivity index (χ2n) is 6.06. The molecular weight excluding hydrogens is 343 g/mol. The predicted octanol–water partition coefficient (Wildman–Crippen LogP) is 4.27. The Morgan fingerprint density at radius 2 is 2.00 bits per heavy atom. The number of halogens is 1. The van der Waals surface area contributed by atoms with E-state index < -0.39 is 5.82 Å². The molecule has 1 aromatic carbocycles. The standard InChI is InChI=1S/C20H11FN6/c21-15-4-3-11(8-12(15)9-22)19-26-17-13-5-7-23-10-16(13)25-20-14(18(17)27-19)2-1-6-24-20/h1-8,10H,(H,24,25)(H,26,27). The third-order valence-electron chi connectivity index (χ3n) is 4.47. The van der Waals surface area contributed by atoms with Crippen LogP contribution in [0.1, 0.15) is 5.56 Å². The Bertz CT molecular complexity index is 1170. The van der Waals surface area contributed by atoms with Gasteiger partial charge < -0.3 is 10.3 Å². The molecule has 27 heavy (non-hydrogen) atoms. The van der Waals surface area contributed by atoms with E-state index in [2.05, 4.69) is 20.3 Å². The van der Waals surface area contributed by atoms with Gasteiger partial charge in [0.25, 0.3) is 0 Å². The zero-order chi connectivity index (χ0) is 18.4. The summed E-state index contributed by atoms with van der Waals surface area (Å²) < 4.78 is 13.7. The number of anilines is 2.